The molecule has 2 saturated heterocycles. The Bertz CT molecular complexity index is 1310. The minimum Gasteiger partial charge on any atom is -0.389 e. The van der Waals surface area contributed by atoms with Gasteiger partial charge in [0.1, 0.15) is 12.2 Å². The average molecular weight is 523 g/mol. The Kier molecular flexibility index (Phi) is 5.86. The number of hydrogen-bond acceptors (Lipinski definition) is 7. The quantitative estimate of drug-likeness (QED) is 0.523. The predicted octanol–water partition coefficient (Wildman–Crippen LogP) is 4.00. The van der Waals surface area contributed by atoms with E-state index in [1.807, 2.05) is 24.0 Å². The van der Waals surface area contributed by atoms with E-state index in [0.29, 0.717) is 37.4 Å². The summed E-state index contributed by atoms with van der Waals surface area (Å²) in [6.45, 7) is 3.59. The van der Waals surface area contributed by atoms with Gasteiger partial charge in [-0.05, 0) is 43.1 Å². The minimum absolute atomic E-state index is 0.0651. The van der Waals surface area contributed by atoms with Gasteiger partial charge in [0.25, 0.3) is 5.92 Å². The number of ether oxygens (including phenoxy) is 1. The molecule has 0 spiro atoms. The molecule has 8 nitrogen and oxygen atoms in total. The van der Waals surface area contributed by atoms with Crippen LogP contribution in [0.25, 0.3) is 10.9 Å². The molecule has 12 heteroatoms. The Morgan fingerprint density at radius 1 is 1.25 bits per heavy atom. The van der Waals surface area contributed by atoms with Gasteiger partial charge in [-0.15, -0.1) is 0 Å². The van der Waals surface area contributed by atoms with E-state index in [9.17, 15) is 13.9 Å². The molecule has 2 unspecified atom stereocenters. The van der Waals surface area contributed by atoms with Gasteiger partial charge in [0, 0.05) is 30.5 Å². The van der Waals surface area contributed by atoms with Crippen LogP contribution < -0.4 is 5.32 Å². The van der Waals surface area contributed by atoms with Crippen molar-refractivity contribution in [3.63, 3.8) is 0 Å². The lowest BCUT2D eigenvalue weighted by Gasteiger charge is -2.39. The van der Waals surface area contributed by atoms with Gasteiger partial charge in [-0.1, -0.05) is 11.6 Å². The molecule has 5 atom stereocenters. The van der Waals surface area contributed by atoms with E-state index in [4.69, 9.17) is 16.3 Å². The third-order valence-corrected chi connectivity index (χ3v) is 7.88. The van der Waals surface area contributed by atoms with Crippen LogP contribution in [0.4, 0.5) is 24.8 Å². The number of aromatic nitrogens is 4. The van der Waals surface area contributed by atoms with Crippen LogP contribution in [0.3, 0.4) is 0 Å². The number of aliphatic hydroxyl groups is 1. The summed E-state index contributed by atoms with van der Waals surface area (Å²) < 4.78 is 48.7. The summed E-state index contributed by atoms with van der Waals surface area (Å²) in [5.41, 5.74) is 2.83. The van der Waals surface area contributed by atoms with Gasteiger partial charge in [-0.2, -0.15) is 5.10 Å². The highest BCUT2D eigenvalue weighted by atomic mass is 35.5. The molecular weight excluding hydrogens is 497 g/mol. The fourth-order valence-electron chi connectivity index (χ4n) is 5.36. The zero-order chi connectivity index (χ0) is 25.2. The van der Waals surface area contributed by atoms with Crippen LogP contribution in [0.2, 0.25) is 5.15 Å². The Morgan fingerprint density at radius 2 is 2.06 bits per heavy atom. The number of nitrogens with one attached hydrogen (secondary N) is 1. The van der Waals surface area contributed by atoms with Gasteiger partial charge in [0.15, 0.2) is 5.15 Å². The molecule has 1 saturated carbocycles. The first-order valence-corrected chi connectivity index (χ1v) is 12.4. The molecule has 1 aliphatic carbocycles. The first-order chi connectivity index (χ1) is 17.2. The number of anilines is 2. The third kappa shape index (κ3) is 4.21. The maximum absolute atomic E-state index is 15.4. The topological polar surface area (TPSA) is 88.3 Å². The average Bonchev–Trinajstić information content (AvgIpc) is 3.12. The Morgan fingerprint density at radius 3 is 2.75 bits per heavy atom. The number of fused-ring (bicyclic) bond motifs is 1. The Balaban J connectivity index is 1.22. The zero-order valence-electron chi connectivity index (χ0n) is 19.5. The van der Waals surface area contributed by atoms with Gasteiger partial charge >= 0.3 is 0 Å². The van der Waals surface area contributed by atoms with Crippen LogP contribution in [-0.2, 0) is 4.74 Å². The van der Waals surface area contributed by atoms with Gasteiger partial charge in [0.2, 0.25) is 5.95 Å². The molecule has 2 aromatic heterocycles. The number of hydrogen-bond donors (Lipinski definition) is 2. The van der Waals surface area contributed by atoms with E-state index < -0.39 is 24.2 Å². The van der Waals surface area contributed by atoms with Crippen molar-refractivity contribution in [3.8, 4) is 0 Å². The lowest BCUT2D eigenvalue weighted by atomic mass is 9.84. The molecule has 2 aliphatic heterocycles. The van der Waals surface area contributed by atoms with Crippen molar-refractivity contribution in [1.29, 1.82) is 0 Å². The standard InChI is InChI=1S/C24H26ClF3N6O2/c1-12-4-13-7-29-23(32-18-8-30-34(22(18)25)21-6-24(21,27)28)31-17(13)5-15(12)14-2-3-33(9-16(14)26)19-10-36-11-20(19)35/h4-5,7-8,14,16,19-21,35H,2-3,6,9-11H2,1H3,(H,29,31,32)/t14-,16+,19?,20-,21?/m1/s1. The largest absolute Gasteiger partial charge is 0.389 e. The highest BCUT2D eigenvalue weighted by Crippen LogP contribution is 2.53. The first-order valence-electron chi connectivity index (χ1n) is 12.0. The van der Waals surface area contributed by atoms with E-state index in [0.717, 1.165) is 21.2 Å². The van der Waals surface area contributed by atoms with Crippen LogP contribution >= 0.6 is 11.6 Å². The third-order valence-electron chi connectivity index (χ3n) is 7.50. The Hall–Kier alpha value is -2.47. The molecule has 3 fully saturated rings. The SMILES string of the molecule is Cc1cc2cnc(Nc3cnn(C4CC4(F)F)c3Cl)nc2cc1[C@H]1CCN(C2COC[C@H]2O)C[C@@H]1F. The first kappa shape index (κ1) is 23.9. The van der Waals surface area contributed by atoms with Crippen molar-refractivity contribution in [2.75, 3.05) is 31.6 Å². The van der Waals surface area contributed by atoms with Crippen molar-refractivity contribution in [2.24, 2.45) is 0 Å². The predicted molar refractivity (Wildman–Crippen MR) is 128 cm³/mol. The second-order valence-electron chi connectivity index (χ2n) is 9.94. The van der Waals surface area contributed by atoms with E-state index in [1.54, 1.807) is 6.20 Å². The molecule has 192 valence electrons. The summed E-state index contributed by atoms with van der Waals surface area (Å²) in [6.07, 6.45) is 1.69. The van der Waals surface area contributed by atoms with Crippen molar-refractivity contribution in [3.05, 3.63) is 40.8 Å². The fourth-order valence-corrected chi connectivity index (χ4v) is 5.62. The van der Waals surface area contributed by atoms with Gasteiger partial charge < -0.3 is 15.2 Å². The van der Waals surface area contributed by atoms with Gasteiger partial charge in [0.05, 0.1) is 42.8 Å². The summed E-state index contributed by atoms with van der Waals surface area (Å²) in [5.74, 6) is -2.84. The number of rotatable bonds is 5. The molecule has 1 aromatic carbocycles. The maximum Gasteiger partial charge on any atom is 0.272 e. The van der Waals surface area contributed by atoms with E-state index in [1.165, 1.54) is 6.20 Å². The van der Waals surface area contributed by atoms with Crippen LogP contribution in [-0.4, -0.2) is 80.3 Å². The normalized spacial score (nSPS) is 30.1. The van der Waals surface area contributed by atoms with Crippen LogP contribution in [0.15, 0.2) is 24.5 Å². The summed E-state index contributed by atoms with van der Waals surface area (Å²) in [5, 5.41) is 17.9. The maximum atomic E-state index is 15.4. The second kappa shape index (κ2) is 8.83. The summed E-state index contributed by atoms with van der Waals surface area (Å²) in [4.78, 5) is 10.9. The minimum atomic E-state index is -2.80. The molecular formula is C24H26ClF3N6O2. The summed E-state index contributed by atoms with van der Waals surface area (Å²) >= 11 is 6.27. The molecule has 3 aromatic rings. The monoisotopic (exact) mass is 522 g/mol. The lowest BCUT2D eigenvalue weighted by molar-refractivity contribution is 0.0352. The van der Waals surface area contributed by atoms with Gasteiger partial charge in [-0.3, -0.25) is 4.90 Å². The molecule has 36 heavy (non-hydrogen) atoms. The van der Waals surface area contributed by atoms with Crippen molar-refractivity contribution in [2.45, 2.75) is 56.0 Å². The van der Waals surface area contributed by atoms with E-state index in [2.05, 4.69) is 20.4 Å². The fraction of sp³-hybridized carbons (Fsp3) is 0.542. The summed E-state index contributed by atoms with van der Waals surface area (Å²) in [7, 11) is 0. The number of piperidine rings is 1. The van der Waals surface area contributed by atoms with Gasteiger partial charge in [-0.25, -0.2) is 27.8 Å². The number of alkyl halides is 3. The van der Waals surface area contributed by atoms with Crippen LogP contribution in [0, 0.1) is 6.92 Å². The number of aryl methyl sites for hydroxylation is 1. The second-order valence-corrected chi connectivity index (χ2v) is 10.3. The van der Waals surface area contributed by atoms with Crippen molar-refractivity contribution < 1.29 is 23.0 Å². The van der Waals surface area contributed by atoms with E-state index >= 15 is 4.39 Å². The molecule has 3 aliphatic rings. The van der Waals surface area contributed by atoms with Crippen LogP contribution in [0.5, 0.6) is 0 Å². The number of nitrogens with zero attached hydrogens (tertiary/aromatic N) is 5. The number of aliphatic hydroxyl groups excluding tert-OH is 1. The van der Waals surface area contributed by atoms with Crippen molar-refractivity contribution in [1.82, 2.24) is 24.6 Å². The molecule has 2 N–H and O–H groups in total. The van der Waals surface area contributed by atoms with Crippen molar-refractivity contribution >= 4 is 34.1 Å². The number of halogens is 4. The number of likely N-dealkylation sites (tertiary alicyclic amines) is 1. The molecule has 0 radical (unpaired) electrons. The van der Waals surface area contributed by atoms with E-state index in [-0.39, 0.29) is 36.0 Å². The highest BCUT2D eigenvalue weighted by molar-refractivity contribution is 6.32. The molecule has 6 rings (SSSR count). The lowest BCUT2D eigenvalue weighted by Crippen LogP contribution is -2.50. The molecule has 0 bridgehead atoms. The smallest absolute Gasteiger partial charge is 0.272 e. The Labute approximate surface area is 210 Å². The zero-order valence-corrected chi connectivity index (χ0v) is 20.3. The highest BCUT2D eigenvalue weighted by Gasteiger charge is 2.59. The van der Waals surface area contributed by atoms with Crippen LogP contribution in [0.1, 0.15) is 35.9 Å². The molecule has 4 heterocycles. The number of benzene rings is 1. The molecule has 0 amide bonds. The summed E-state index contributed by atoms with van der Waals surface area (Å²) in [6, 6.07) is 2.65.